The number of aliphatic hydroxyl groups is 1. The zero-order chi connectivity index (χ0) is 14.1. The molecule has 0 fully saturated rings. The molecule has 0 bridgehead atoms. The van der Waals surface area contributed by atoms with E-state index >= 15 is 0 Å². The Hall–Kier alpha value is -2.53. The number of fused-ring (bicyclic) bond motifs is 1. The van der Waals surface area contributed by atoms with E-state index in [9.17, 15) is 5.11 Å². The van der Waals surface area contributed by atoms with Crippen LogP contribution < -0.4 is 10.5 Å². The van der Waals surface area contributed by atoms with Crippen molar-refractivity contribution in [1.29, 1.82) is 0 Å². The second-order valence-corrected chi connectivity index (χ2v) is 4.50. The van der Waals surface area contributed by atoms with Crippen LogP contribution in [0.3, 0.4) is 0 Å². The van der Waals surface area contributed by atoms with Gasteiger partial charge in [0.2, 0.25) is 0 Å². The third-order valence-electron chi connectivity index (χ3n) is 3.25. The number of methoxy groups -OCH3 is 1. The lowest BCUT2D eigenvalue weighted by atomic mass is 10.1. The van der Waals surface area contributed by atoms with Gasteiger partial charge < -0.3 is 15.6 Å². The van der Waals surface area contributed by atoms with Gasteiger partial charge in [-0.25, -0.2) is 4.98 Å². The summed E-state index contributed by atoms with van der Waals surface area (Å²) >= 11 is 0. The number of hydrogen-bond acceptors (Lipinski definition) is 4. The molecule has 2 aromatic heterocycles. The second kappa shape index (κ2) is 4.86. The van der Waals surface area contributed by atoms with E-state index in [2.05, 4.69) is 4.98 Å². The molecule has 20 heavy (non-hydrogen) atoms. The Morgan fingerprint density at radius 3 is 2.90 bits per heavy atom. The van der Waals surface area contributed by atoms with Crippen LogP contribution in [0.2, 0.25) is 0 Å². The number of aromatic nitrogens is 2. The zero-order valence-electron chi connectivity index (χ0n) is 11.1. The molecule has 1 aromatic carbocycles. The fraction of sp³-hybridized carbons (Fsp3) is 0.133. The Morgan fingerprint density at radius 2 is 2.15 bits per heavy atom. The van der Waals surface area contributed by atoms with Gasteiger partial charge >= 0.3 is 0 Å². The highest BCUT2D eigenvalue weighted by Gasteiger charge is 2.12. The third-order valence-corrected chi connectivity index (χ3v) is 3.25. The van der Waals surface area contributed by atoms with Crippen molar-refractivity contribution < 1.29 is 9.84 Å². The number of aliphatic hydroxyl groups excluding tert-OH is 1. The molecule has 5 heteroatoms. The zero-order valence-corrected chi connectivity index (χ0v) is 11.1. The fourth-order valence-electron chi connectivity index (χ4n) is 2.19. The number of rotatable bonds is 3. The number of nitrogens with two attached hydrogens (primary N) is 1. The normalized spacial score (nSPS) is 10.9. The summed E-state index contributed by atoms with van der Waals surface area (Å²) in [6.45, 7) is -0.0161. The minimum absolute atomic E-state index is 0.0161. The molecule has 2 heterocycles. The average Bonchev–Trinajstić information content (AvgIpc) is 2.83. The summed E-state index contributed by atoms with van der Waals surface area (Å²) in [6, 6.07) is 11.2. The van der Waals surface area contributed by atoms with Crippen LogP contribution in [0.4, 0.5) is 5.82 Å². The van der Waals surface area contributed by atoms with Gasteiger partial charge in [0.25, 0.3) is 0 Å². The van der Waals surface area contributed by atoms with Crippen molar-refractivity contribution in [3.8, 4) is 17.0 Å². The van der Waals surface area contributed by atoms with E-state index in [1.807, 2.05) is 42.6 Å². The Morgan fingerprint density at radius 1 is 1.30 bits per heavy atom. The smallest absolute Gasteiger partial charge is 0.139 e. The molecule has 0 unspecified atom stereocenters. The molecular formula is C15H15N3O2. The van der Waals surface area contributed by atoms with Crippen molar-refractivity contribution in [3.05, 3.63) is 48.2 Å². The molecule has 0 radical (unpaired) electrons. The molecule has 0 aliphatic rings. The van der Waals surface area contributed by atoms with E-state index in [0.29, 0.717) is 17.2 Å². The summed E-state index contributed by atoms with van der Waals surface area (Å²) in [4.78, 5) is 4.54. The number of imidazole rings is 1. The summed E-state index contributed by atoms with van der Waals surface area (Å²) in [5, 5.41) is 9.17. The number of ether oxygens (including phenoxy) is 1. The minimum Gasteiger partial charge on any atom is -0.497 e. The molecule has 5 nitrogen and oxygen atoms in total. The first-order valence-electron chi connectivity index (χ1n) is 6.24. The lowest BCUT2D eigenvalue weighted by molar-refractivity contribution is 0.282. The molecule has 0 spiro atoms. The highest BCUT2D eigenvalue weighted by molar-refractivity contribution is 5.75. The quantitative estimate of drug-likeness (QED) is 0.763. The van der Waals surface area contributed by atoms with Crippen molar-refractivity contribution in [1.82, 2.24) is 9.38 Å². The van der Waals surface area contributed by atoms with Crippen molar-refractivity contribution in [2.45, 2.75) is 6.61 Å². The third kappa shape index (κ3) is 1.98. The number of benzene rings is 1. The van der Waals surface area contributed by atoms with Crippen LogP contribution in [0, 0.1) is 0 Å². The Bertz CT molecular complexity index is 765. The van der Waals surface area contributed by atoms with Gasteiger partial charge in [0.1, 0.15) is 22.9 Å². The predicted octanol–water partition coefficient (Wildman–Crippen LogP) is 2.08. The topological polar surface area (TPSA) is 72.8 Å². The molecule has 102 valence electrons. The number of hydrogen-bond donors (Lipinski definition) is 2. The molecule has 0 saturated heterocycles. The highest BCUT2D eigenvalue weighted by Crippen LogP contribution is 2.29. The Kier molecular flexibility index (Phi) is 3.04. The monoisotopic (exact) mass is 269 g/mol. The summed E-state index contributed by atoms with van der Waals surface area (Å²) in [6.07, 6.45) is 1.81. The highest BCUT2D eigenvalue weighted by atomic mass is 16.5. The largest absolute Gasteiger partial charge is 0.497 e. The van der Waals surface area contributed by atoms with Gasteiger partial charge in [-0.3, -0.25) is 4.40 Å². The molecule has 0 aliphatic carbocycles. The molecular weight excluding hydrogens is 254 g/mol. The first-order chi connectivity index (χ1) is 9.72. The molecule has 3 aromatic rings. The van der Waals surface area contributed by atoms with Crippen LogP contribution in [0.15, 0.2) is 42.6 Å². The van der Waals surface area contributed by atoms with E-state index < -0.39 is 0 Å². The standard InChI is InChI=1S/C15H15N3O2/c1-20-12-4-2-3-11(8-12)14-15(16)18-6-5-10(9-19)7-13(18)17-14/h2-8,19H,9,16H2,1H3. The number of anilines is 1. The van der Waals surface area contributed by atoms with Gasteiger partial charge in [-0.1, -0.05) is 12.1 Å². The maximum atomic E-state index is 9.17. The van der Waals surface area contributed by atoms with Gasteiger partial charge in [-0.15, -0.1) is 0 Å². The molecule has 3 rings (SSSR count). The van der Waals surface area contributed by atoms with Gasteiger partial charge in [0.05, 0.1) is 13.7 Å². The molecule has 0 atom stereocenters. The van der Waals surface area contributed by atoms with E-state index in [1.54, 1.807) is 11.5 Å². The van der Waals surface area contributed by atoms with E-state index in [4.69, 9.17) is 10.5 Å². The van der Waals surface area contributed by atoms with Gasteiger partial charge in [-0.05, 0) is 29.8 Å². The number of nitrogens with zero attached hydrogens (tertiary/aromatic N) is 2. The maximum absolute atomic E-state index is 9.17. The average molecular weight is 269 g/mol. The lowest BCUT2D eigenvalue weighted by Gasteiger charge is -2.03. The van der Waals surface area contributed by atoms with Crippen molar-refractivity contribution in [2.75, 3.05) is 12.8 Å². The fourth-order valence-corrected chi connectivity index (χ4v) is 2.19. The molecule has 0 amide bonds. The molecule has 0 saturated carbocycles. The van der Waals surface area contributed by atoms with Crippen molar-refractivity contribution in [2.24, 2.45) is 0 Å². The van der Waals surface area contributed by atoms with Gasteiger partial charge in [0, 0.05) is 11.8 Å². The Labute approximate surface area is 116 Å². The van der Waals surface area contributed by atoms with Crippen LogP contribution in [0.5, 0.6) is 5.75 Å². The summed E-state index contributed by atoms with van der Waals surface area (Å²) in [7, 11) is 1.62. The van der Waals surface area contributed by atoms with Crippen LogP contribution >= 0.6 is 0 Å². The van der Waals surface area contributed by atoms with Crippen LogP contribution in [-0.2, 0) is 6.61 Å². The van der Waals surface area contributed by atoms with Crippen LogP contribution in [-0.4, -0.2) is 21.6 Å². The SMILES string of the molecule is COc1cccc(-c2nc3cc(CO)ccn3c2N)c1. The summed E-state index contributed by atoms with van der Waals surface area (Å²) in [5.41, 5.74) is 9.28. The first-order valence-corrected chi connectivity index (χ1v) is 6.24. The molecule has 0 aliphatic heterocycles. The van der Waals surface area contributed by atoms with E-state index in [-0.39, 0.29) is 6.61 Å². The van der Waals surface area contributed by atoms with Crippen molar-refractivity contribution in [3.63, 3.8) is 0 Å². The van der Waals surface area contributed by atoms with Crippen molar-refractivity contribution >= 4 is 11.5 Å². The predicted molar refractivity (Wildman–Crippen MR) is 77.5 cm³/mol. The minimum atomic E-state index is -0.0161. The first kappa shape index (κ1) is 12.5. The second-order valence-electron chi connectivity index (χ2n) is 4.50. The van der Waals surface area contributed by atoms with E-state index in [0.717, 1.165) is 16.9 Å². The van der Waals surface area contributed by atoms with Gasteiger partial charge in [0.15, 0.2) is 0 Å². The van der Waals surface area contributed by atoms with Crippen LogP contribution in [0.1, 0.15) is 5.56 Å². The summed E-state index contributed by atoms with van der Waals surface area (Å²) < 4.78 is 7.02. The molecule has 3 N–H and O–H groups in total. The lowest BCUT2D eigenvalue weighted by Crippen LogP contribution is -1.95. The number of nitrogen functional groups attached to an aromatic ring is 1. The van der Waals surface area contributed by atoms with Crippen LogP contribution in [0.25, 0.3) is 16.9 Å². The Balaban J connectivity index is 2.18. The summed E-state index contributed by atoms with van der Waals surface area (Å²) in [5.74, 6) is 1.33. The van der Waals surface area contributed by atoms with Gasteiger partial charge in [-0.2, -0.15) is 0 Å². The maximum Gasteiger partial charge on any atom is 0.139 e. The number of pyridine rings is 1. The van der Waals surface area contributed by atoms with E-state index in [1.165, 1.54) is 0 Å².